The second-order valence-corrected chi connectivity index (χ2v) is 6.36. The Balaban J connectivity index is 2.27. The number of aromatic amines is 1. The monoisotopic (exact) mass is 432 g/mol. The molecule has 0 unspecified atom stereocenters. The highest BCUT2D eigenvalue weighted by Crippen LogP contribution is 2.22. The topological polar surface area (TPSA) is 155 Å². The van der Waals surface area contributed by atoms with Gasteiger partial charge in [0.2, 0.25) is 5.78 Å². The lowest BCUT2D eigenvalue weighted by molar-refractivity contribution is -0.384. The highest BCUT2D eigenvalue weighted by atomic mass is 16.6. The summed E-state index contributed by atoms with van der Waals surface area (Å²) in [6.45, 7) is 4.17. The number of hydrogen-bond donors (Lipinski definition) is 1. The van der Waals surface area contributed by atoms with Gasteiger partial charge in [-0.05, 0) is 26.8 Å². The Morgan fingerprint density at radius 1 is 0.935 bits per heavy atom. The van der Waals surface area contributed by atoms with Gasteiger partial charge in [-0.25, -0.2) is 14.4 Å². The van der Waals surface area contributed by atoms with Gasteiger partial charge in [-0.15, -0.1) is 0 Å². The van der Waals surface area contributed by atoms with Crippen LogP contribution >= 0.6 is 0 Å². The highest BCUT2D eigenvalue weighted by Gasteiger charge is 2.26. The number of H-pyrrole nitrogens is 1. The minimum atomic E-state index is -1.07. The lowest BCUT2D eigenvalue weighted by Gasteiger charge is -2.08. The maximum absolute atomic E-state index is 12.7. The average Bonchev–Trinajstić information content (AvgIpc) is 3.04. The molecule has 0 aliphatic rings. The van der Waals surface area contributed by atoms with E-state index in [1.54, 1.807) is 20.8 Å². The molecular weight excluding hydrogens is 412 g/mol. The number of nitro benzene ring substituents is 1. The van der Waals surface area contributed by atoms with Gasteiger partial charge in [0.15, 0.2) is 6.61 Å². The summed E-state index contributed by atoms with van der Waals surface area (Å²) in [7, 11) is 1.08. The molecule has 0 aliphatic carbocycles. The predicted molar refractivity (Wildman–Crippen MR) is 105 cm³/mol. The van der Waals surface area contributed by atoms with Crippen molar-refractivity contribution in [3.8, 4) is 0 Å². The van der Waals surface area contributed by atoms with Gasteiger partial charge in [0.25, 0.3) is 5.69 Å². The van der Waals surface area contributed by atoms with Crippen LogP contribution in [0.5, 0.6) is 0 Å². The molecule has 1 aromatic carbocycles. The molecule has 0 aliphatic heterocycles. The standard InChI is InChI=1S/C20H20N2O9/c1-5-30-20(26)17-11(3)21-10(2)16(17)15(23)9-31-19(25)13-6-12(18(24)29-4)7-14(8-13)22(27)28/h6-8,21H,5,9H2,1-4H3. The molecule has 0 spiro atoms. The predicted octanol–water partition coefficient (Wildman–Crippen LogP) is 2.54. The Labute approximate surface area is 176 Å². The second-order valence-electron chi connectivity index (χ2n) is 6.36. The van der Waals surface area contributed by atoms with E-state index in [-0.39, 0.29) is 28.9 Å². The van der Waals surface area contributed by atoms with Gasteiger partial charge in [0.1, 0.15) is 0 Å². The van der Waals surface area contributed by atoms with Gasteiger partial charge >= 0.3 is 17.9 Å². The second kappa shape index (κ2) is 9.65. The lowest BCUT2D eigenvalue weighted by Crippen LogP contribution is -2.18. The van der Waals surface area contributed by atoms with E-state index in [1.165, 1.54) is 0 Å². The normalized spacial score (nSPS) is 10.3. The number of aromatic nitrogens is 1. The van der Waals surface area contributed by atoms with Crippen LogP contribution < -0.4 is 0 Å². The van der Waals surface area contributed by atoms with Crippen molar-refractivity contribution >= 4 is 29.4 Å². The van der Waals surface area contributed by atoms with Crippen LogP contribution in [-0.4, -0.2) is 53.9 Å². The van der Waals surface area contributed by atoms with Crippen molar-refractivity contribution in [3.05, 3.63) is 62.0 Å². The molecule has 0 fully saturated rings. The number of hydrogen-bond acceptors (Lipinski definition) is 9. The molecule has 0 amide bonds. The molecule has 164 valence electrons. The van der Waals surface area contributed by atoms with Crippen LogP contribution in [0.2, 0.25) is 0 Å². The lowest BCUT2D eigenvalue weighted by atomic mass is 10.1. The number of rotatable bonds is 8. The molecule has 11 heteroatoms. The Hall–Kier alpha value is -4.02. The summed E-state index contributed by atoms with van der Waals surface area (Å²) in [6, 6.07) is 2.92. The van der Waals surface area contributed by atoms with Crippen molar-refractivity contribution in [2.24, 2.45) is 0 Å². The van der Waals surface area contributed by atoms with Gasteiger partial charge in [0.05, 0.1) is 40.9 Å². The van der Waals surface area contributed by atoms with Crippen LogP contribution in [0.3, 0.4) is 0 Å². The summed E-state index contributed by atoms with van der Waals surface area (Å²) in [4.78, 5) is 62.1. The molecule has 2 aromatic rings. The van der Waals surface area contributed by atoms with Crippen LogP contribution in [-0.2, 0) is 14.2 Å². The van der Waals surface area contributed by atoms with Crippen molar-refractivity contribution in [2.45, 2.75) is 20.8 Å². The van der Waals surface area contributed by atoms with Gasteiger partial charge in [-0.2, -0.15) is 0 Å². The van der Waals surface area contributed by atoms with E-state index in [1.807, 2.05) is 0 Å². The molecule has 0 saturated carbocycles. The molecule has 11 nitrogen and oxygen atoms in total. The van der Waals surface area contributed by atoms with E-state index < -0.39 is 40.9 Å². The number of ether oxygens (including phenoxy) is 3. The fourth-order valence-electron chi connectivity index (χ4n) is 2.94. The quantitative estimate of drug-likeness (QED) is 0.218. The summed E-state index contributed by atoms with van der Waals surface area (Å²) in [6.07, 6.45) is 0. The van der Waals surface area contributed by atoms with Crippen LogP contribution in [0.15, 0.2) is 18.2 Å². The van der Waals surface area contributed by atoms with E-state index in [0.717, 1.165) is 25.3 Å². The van der Waals surface area contributed by atoms with Crippen molar-refractivity contribution in [1.29, 1.82) is 0 Å². The fourth-order valence-corrected chi connectivity index (χ4v) is 2.94. The smallest absolute Gasteiger partial charge is 0.340 e. The van der Waals surface area contributed by atoms with Crippen molar-refractivity contribution < 1.29 is 38.3 Å². The number of benzene rings is 1. The van der Waals surface area contributed by atoms with E-state index >= 15 is 0 Å². The van der Waals surface area contributed by atoms with Crippen LogP contribution in [0.25, 0.3) is 0 Å². The van der Waals surface area contributed by atoms with Crippen LogP contribution in [0.4, 0.5) is 5.69 Å². The van der Waals surface area contributed by atoms with Gasteiger partial charge in [-0.1, -0.05) is 0 Å². The zero-order chi connectivity index (χ0) is 23.3. The summed E-state index contributed by atoms with van der Waals surface area (Å²) >= 11 is 0. The number of non-ortho nitro benzene ring substituents is 1. The number of nitrogens with zero attached hydrogens (tertiary/aromatic N) is 1. The number of ketones is 1. The van der Waals surface area contributed by atoms with Crippen LogP contribution in [0, 0.1) is 24.0 Å². The number of esters is 3. The molecular formula is C20H20N2O9. The molecule has 0 radical (unpaired) electrons. The first-order chi connectivity index (χ1) is 14.6. The van der Waals surface area contributed by atoms with E-state index in [4.69, 9.17) is 9.47 Å². The Kier molecular flexibility index (Phi) is 7.24. The van der Waals surface area contributed by atoms with Gasteiger partial charge in [-0.3, -0.25) is 14.9 Å². The van der Waals surface area contributed by atoms with Gasteiger partial charge < -0.3 is 19.2 Å². The first kappa shape index (κ1) is 23.3. The third kappa shape index (κ3) is 5.13. The number of carbonyl (C=O) groups excluding carboxylic acids is 4. The minimum Gasteiger partial charge on any atom is -0.465 e. The number of nitro groups is 1. The Morgan fingerprint density at radius 2 is 1.52 bits per heavy atom. The molecule has 2 rings (SSSR count). The Morgan fingerprint density at radius 3 is 2.06 bits per heavy atom. The molecule has 1 aromatic heterocycles. The number of carbonyl (C=O) groups is 4. The minimum absolute atomic E-state index is 0.0260. The molecule has 0 saturated heterocycles. The summed E-state index contributed by atoms with van der Waals surface area (Å²) in [5.41, 5.74) is -0.173. The van der Waals surface area contributed by atoms with E-state index in [2.05, 4.69) is 9.72 Å². The average molecular weight is 432 g/mol. The molecule has 31 heavy (non-hydrogen) atoms. The largest absolute Gasteiger partial charge is 0.465 e. The van der Waals surface area contributed by atoms with Crippen molar-refractivity contribution in [2.75, 3.05) is 20.3 Å². The first-order valence-electron chi connectivity index (χ1n) is 9.05. The first-order valence-corrected chi connectivity index (χ1v) is 9.05. The fraction of sp³-hybridized carbons (Fsp3) is 0.300. The SMILES string of the molecule is CCOC(=O)c1c(C)[nH]c(C)c1C(=O)COC(=O)c1cc(C(=O)OC)cc([N+](=O)[O-])c1. The zero-order valence-electron chi connectivity index (χ0n) is 17.3. The summed E-state index contributed by atoms with van der Waals surface area (Å²) in [5, 5.41) is 11.1. The number of aryl methyl sites for hydroxylation is 2. The maximum Gasteiger partial charge on any atom is 0.340 e. The Bertz CT molecular complexity index is 1070. The molecule has 1 N–H and O–H groups in total. The maximum atomic E-state index is 12.7. The molecule has 0 atom stereocenters. The highest BCUT2D eigenvalue weighted by molar-refractivity contribution is 6.09. The van der Waals surface area contributed by atoms with Gasteiger partial charge in [0, 0.05) is 23.5 Å². The zero-order valence-corrected chi connectivity index (χ0v) is 17.3. The molecule has 1 heterocycles. The van der Waals surface area contributed by atoms with Crippen molar-refractivity contribution in [3.63, 3.8) is 0 Å². The number of nitrogens with one attached hydrogen (secondary N) is 1. The third-order valence-corrected chi connectivity index (χ3v) is 4.25. The molecule has 0 bridgehead atoms. The third-order valence-electron chi connectivity index (χ3n) is 4.25. The van der Waals surface area contributed by atoms with Crippen LogP contribution in [0.1, 0.15) is 59.7 Å². The summed E-state index contributed by atoms with van der Waals surface area (Å²) in [5.74, 6) is -3.31. The number of Topliss-reactive ketones (excluding diaryl/α,β-unsaturated/α-hetero) is 1. The van der Waals surface area contributed by atoms with Crippen molar-refractivity contribution in [1.82, 2.24) is 4.98 Å². The van der Waals surface area contributed by atoms with E-state index in [0.29, 0.717) is 11.4 Å². The summed E-state index contributed by atoms with van der Waals surface area (Å²) < 4.78 is 14.5. The van der Waals surface area contributed by atoms with E-state index in [9.17, 15) is 29.3 Å². The number of methoxy groups -OCH3 is 1.